The number of para-hydroxylation sites is 2. The van der Waals surface area contributed by atoms with Gasteiger partial charge in [-0.3, -0.25) is 0 Å². The summed E-state index contributed by atoms with van der Waals surface area (Å²) < 4.78 is 0. The van der Waals surface area contributed by atoms with Crippen LogP contribution in [0.3, 0.4) is 0 Å². The smallest absolute Gasteiger partial charge is 0.213 e. The number of carboxylic acids is 1. The second kappa shape index (κ2) is 6.24. The molecule has 1 heterocycles. The Morgan fingerprint density at radius 2 is 1.61 bits per heavy atom. The minimum absolute atomic E-state index is 0.0262. The fraction of sp³-hybridized carbons (Fsp3) is 0.263. The summed E-state index contributed by atoms with van der Waals surface area (Å²) >= 11 is 0. The molecular weight excluding hydrogens is 288 g/mol. The third kappa shape index (κ3) is 2.84. The lowest BCUT2D eigenvalue weighted by Crippen LogP contribution is -2.45. The second-order valence-electron chi connectivity index (χ2n) is 5.92. The highest BCUT2D eigenvalue weighted by atomic mass is 16.4. The number of aromatic nitrogens is 1. The number of rotatable bonds is 5. The topological polar surface area (TPSA) is 66.3 Å². The van der Waals surface area contributed by atoms with E-state index in [4.69, 9.17) is 0 Å². The van der Waals surface area contributed by atoms with Crippen LogP contribution in [-0.4, -0.2) is 12.0 Å². The number of aliphatic carboxylic acids is 1. The molecule has 0 aliphatic carbocycles. The average molecular weight is 308 g/mol. The monoisotopic (exact) mass is 308 g/mol. The van der Waals surface area contributed by atoms with Crippen LogP contribution in [-0.2, 0) is 4.79 Å². The van der Waals surface area contributed by atoms with Crippen molar-refractivity contribution in [2.24, 2.45) is 5.92 Å². The van der Waals surface area contributed by atoms with E-state index in [2.05, 4.69) is 10.3 Å². The van der Waals surface area contributed by atoms with Crippen molar-refractivity contribution in [3.63, 3.8) is 0 Å². The van der Waals surface area contributed by atoms with Gasteiger partial charge in [-0.25, -0.2) is 4.98 Å². The molecule has 0 bridgehead atoms. The Morgan fingerprint density at radius 1 is 1.09 bits per heavy atom. The maximum atomic E-state index is 11.6. The Kier molecular flexibility index (Phi) is 4.15. The van der Waals surface area contributed by atoms with Crippen molar-refractivity contribution < 1.29 is 14.9 Å². The number of aromatic amines is 1. The highest BCUT2D eigenvalue weighted by molar-refractivity contribution is 6.05. The molecule has 2 aromatic carbocycles. The first-order chi connectivity index (χ1) is 11.1. The SMILES string of the molecule is CC[C@H](C)[C@H](Nc1c2ccccc2[nH+]c2ccccc12)C(=O)[O-]. The standard InChI is InChI=1S/C19H20N2O2/c1-3-12(2)17(19(22)23)21-18-13-8-4-6-10-15(13)20-16-11-7-5-9-14(16)18/h4-12,17H,3H2,1-2H3,(H,20,21)(H,22,23)/t12-,17-/m0/s1. The van der Waals surface area contributed by atoms with Crippen LogP contribution in [0.1, 0.15) is 20.3 Å². The molecule has 4 nitrogen and oxygen atoms in total. The van der Waals surface area contributed by atoms with Gasteiger partial charge in [-0.05, 0) is 18.1 Å². The summed E-state index contributed by atoms with van der Waals surface area (Å²) in [6, 6.07) is 15.1. The van der Waals surface area contributed by atoms with Crippen LogP contribution in [0.4, 0.5) is 5.69 Å². The number of carbonyl (C=O) groups is 1. The first kappa shape index (κ1) is 15.3. The number of pyridine rings is 1. The summed E-state index contributed by atoms with van der Waals surface area (Å²) in [5.41, 5.74) is 2.77. The van der Waals surface area contributed by atoms with Crippen molar-refractivity contribution in [3.05, 3.63) is 48.5 Å². The Labute approximate surface area is 135 Å². The zero-order valence-corrected chi connectivity index (χ0v) is 13.3. The van der Waals surface area contributed by atoms with Gasteiger partial charge in [0.2, 0.25) is 11.0 Å². The van der Waals surface area contributed by atoms with Crippen molar-refractivity contribution >= 4 is 33.5 Å². The number of benzene rings is 2. The minimum atomic E-state index is -1.07. The van der Waals surface area contributed by atoms with E-state index in [1.54, 1.807) is 0 Å². The van der Waals surface area contributed by atoms with Gasteiger partial charge in [0, 0.05) is 12.1 Å². The van der Waals surface area contributed by atoms with E-state index >= 15 is 0 Å². The molecule has 0 aliphatic heterocycles. The molecule has 0 saturated heterocycles. The van der Waals surface area contributed by atoms with Gasteiger partial charge in [-0.1, -0.05) is 44.5 Å². The van der Waals surface area contributed by atoms with E-state index in [0.29, 0.717) is 0 Å². The largest absolute Gasteiger partial charge is 0.548 e. The van der Waals surface area contributed by atoms with E-state index in [-0.39, 0.29) is 5.92 Å². The van der Waals surface area contributed by atoms with Gasteiger partial charge in [-0.2, -0.15) is 0 Å². The number of anilines is 1. The fourth-order valence-corrected chi connectivity index (χ4v) is 2.89. The molecule has 0 saturated carbocycles. The van der Waals surface area contributed by atoms with Crippen LogP contribution in [0.15, 0.2) is 48.5 Å². The lowest BCUT2D eigenvalue weighted by Gasteiger charge is -2.27. The molecular formula is C19H20N2O2. The Balaban J connectivity index is 2.22. The van der Waals surface area contributed by atoms with Crippen molar-refractivity contribution in [3.8, 4) is 0 Å². The number of H-pyrrole nitrogens is 1. The average Bonchev–Trinajstić information content (AvgIpc) is 2.57. The molecule has 0 radical (unpaired) electrons. The molecule has 23 heavy (non-hydrogen) atoms. The maximum absolute atomic E-state index is 11.6. The molecule has 0 fully saturated rings. The van der Waals surface area contributed by atoms with Crippen LogP contribution < -0.4 is 15.4 Å². The molecule has 2 atom stereocenters. The van der Waals surface area contributed by atoms with Crippen LogP contribution in [0.25, 0.3) is 21.8 Å². The van der Waals surface area contributed by atoms with Crippen molar-refractivity contribution in [1.29, 1.82) is 0 Å². The van der Waals surface area contributed by atoms with Gasteiger partial charge >= 0.3 is 0 Å². The Hall–Kier alpha value is -2.62. The normalized spacial score (nSPS) is 13.8. The highest BCUT2D eigenvalue weighted by Gasteiger charge is 2.21. The van der Waals surface area contributed by atoms with Gasteiger partial charge in [-0.15, -0.1) is 0 Å². The molecule has 0 unspecified atom stereocenters. The number of nitrogens with one attached hydrogen (secondary N) is 2. The van der Waals surface area contributed by atoms with Crippen LogP contribution in [0.2, 0.25) is 0 Å². The van der Waals surface area contributed by atoms with Crippen molar-refractivity contribution in [1.82, 2.24) is 0 Å². The van der Waals surface area contributed by atoms with Gasteiger partial charge in [0.25, 0.3) is 0 Å². The predicted octanol–water partition coefficient (Wildman–Crippen LogP) is 2.38. The molecule has 3 rings (SSSR count). The van der Waals surface area contributed by atoms with E-state index in [9.17, 15) is 9.90 Å². The van der Waals surface area contributed by atoms with Gasteiger partial charge < -0.3 is 15.2 Å². The third-order valence-electron chi connectivity index (χ3n) is 4.43. The number of hydrogen-bond donors (Lipinski definition) is 1. The molecule has 4 heteroatoms. The zero-order valence-electron chi connectivity index (χ0n) is 13.3. The van der Waals surface area contributed by atoms with Gasteiger partial charge in [0.15, 0.2) is 0 Å². The molecule has 0 spiro atoms. The van der Waals surface area contributed by atoms with E-state index in [1.165, 1.54) is 0 Å². The summed E-state index contributed by atoms with van der Waals surface area (Å²) in [6.07, 6.45) is 0.764. The van der Waals surface area contributed by atoms with Crippen molar-refractivity contribution in [2.45, 2.75) is 26.3 Å². The van der Waals surface area contributed by atoms with E-state index < -0.39 is 12.0 Å². The number of carboxylic acid groups (broad SMARTS) is 1. The summed E-state index contributed by atoms with van der Waals surface area (Å²) in [7, 11) is 0. The summed E-state index contributed by atoms with van der Waals surface area (Å²) in [5, 5.41) is 16.8. The first-order valence-corrected chi connectivity index (χ1v) is 7.92. The lowest BCUT2D eigenvalue weighted by molar-refractivity contribution is -0.310. The minimum Gasteiger partial charge on any atom is -0.548 e. The molecule has 1 aromatic heterocycles. The molecule has 118 valence electrons. The highest BCUT2D eigenvalue weighted by Crippen LogP contribution is 2.30. The van der Waals surface area contributed by atoms with Crippen LogP contribution in [0.5, 0.6) is 0 Å². The summed E-state index contributed by atoms with van der Waals surface area (Å²) in [6.45, 7) is 3.91. The summed E-state index contributed by atoms with van der Waals surface area (Å²) in [5.74, 6) is -1.10. The van der Waals surface area contributed by atoms with Crippen molar-refractivity contribution in [2.75, 3.05) is 5.32 Å². The molecule has 2 N–H and O–H groups in total. The van der Waals surface area contributed by atoms with Crippen LogP contribution >= 0.6 is 0 Å². The summed E-state index contributed by atoms with van der Waals surface area (Å²) in [4.78, 5) is 15.0. The molecule has 3 aromatic rings. The number of fused-ring (bicyclic) bond motifs is 2. The third-order valence-corrected chi connectivity index (χ3v) is 4.43. The van der Waals surface area contributed by atoms with E-state index in [0.717, 1.165) is 33.9 Å². The quantitative estimate of drug-likeness (QED) is 0.736. The Bertz CT molecular complexity index is 806. The lowest BCUT2D eigenvalue weighted by atomic mass is 9.98. The maximum Gasteiger partial charge on any atom is 0.213 e. The van der Waals surface area contributed by atoms with Crippen LogP contribution in [0, 0.1) is 5.92 Å². The zero-order chi connectivity index (χ0) is 16.4. The predicted molar refractivity (Wildman–Crippen MR) is 89.9 cm³/mol. The molecule has 0 aliphatic rings. The fourth-order valence-electron chi connectivity index (χ4n) is 2.89. The van der Waals surface area contributed by atoms with Gasteiger partial charge in [0.1, 0.15) is 0 Å². The van der Waals surface area contributed by atoms with E-state index in [1.807, 2.05) is 62.4 Å². The number of carbonyl (C=O) groups excluding carboxylic acids is 1. The van der Waals surface area contributed by atoms with Gasteiger partial charge in [0.05, 0.1) is 28.5 Å². The first-order valence-electron chi connectivity index (χ1n) is 7.92. The second-order valence-corrected chi connectivity index (χ2v) is 5.92. The number of hydrogen-bond acceptors (Lipinski definition) is 3. The molecule has 0 amide bonds. The Morgan fingerprint density at radius 3 is 2.09 bits per heavy atom.